The van der Waals surface area contributed by atoms with E-state index in [4.69, 9.17) is 9.47 Å². The number of nitrogens with zero attached hydrogens (tertiary/aromatic N) is 2. The normalized spacial score (nSPS) is 17.7. The molecule has 0 bridgehead atoms. The summed E-state index contributed by atoms with van der Waals surface area (Å²) in [5.41, 5.74) is 3.11. The van der Waals surface area contributed by atoms with E-state index >= 15 is 0 Å². The zero-order valence-electron chi connectivity index (χ0n) is 19.9. The summed E-state index contributed by atoms with van der Waals surface area (Å²) < 4.78 is 12.2. The second-order valence-corrected chi connectivity index (χ2v) is 8.76. The first-order valence-corrected chi connectivity index (χ1v) is 11.8. The van der Waals surface area contributed by atoms with Crippen molar-refractivity contribution in [2.45, 2.75) is 45.6 Å². The molecular formula is C27H31N3O4. The first-order valence-electron chi connectivity index (χ1n) is 11.8. The molecular weight excluding hydrogens is 430 g/mol. The zero-order chi connectivity index (χ0) is 24.1. The standard InChI is InChI=1S/C27H31N3O4/c1-4-34-27(32)24-17-25(20-6-5-7-23(16-20)33-3)30(29-24)22-14-10-19(11-15-22)26(31)28-21-12-8-18(2)9-13-21/h5-7,10-11,14-18,21H,4,8-9,12-13H2,1-3H3,(H,28,31). The number of hydrogen-bond donors (Lipinski definition) is 1. The van der Waals surface area contributed by atoms with E-state index in [-0.39, 0.29) is 24.2 Å². The fourth-order valence-corrected chi connectivity index (χ4v) is 4.30. The maximum Gasteiger partial charge on any atom is 0.358 e. The third-order valence-electron chi connectivity index (χ3n) is 6.28. The lowest BCUT2D eigenvalue weighted by Crippen LogP contribution is -2.37. The van der Waals surface area contributed by atoms with Gasteiger partial charge in [0.2, 0.25) is 0 Å². The molecule has 3 aromatic rings. The summed E-state index contributed by atoms with van der Waals surface area (Å²) in [6.45, 7) is 4.29. The van der Waals surface area contributed by atoms with Crippen molar-refractivity contribution in [3.8, 4) is 22.7 Å². The van der Waals surface area contributed by atoms with Gasteiger partial charge in [-0.25, -0.2) is 9.48 Å². The summed E-state index contributed by atoms with van der Waals surface area (Å²) in [7, 11) is 1.61. The van der Waals surface area contributed by atoms with Crippen molar-refractivity contribution >= 4 is 11.9 Å². The lowest BCUT2D eigenvalue weighted by Gasteiger charge is -2.26. The van der Waals surface area contributed by atoms with Crippen molar-refractivity contribution in [3.63, 3.8) is 0 Å². The third kappa shape index (κ3) is 5.30. The lowest BCUT2D eigenvalue weighted by molar-refractivity contribution is 0.0518. The summed E-state index contributed by atoms with van der Waals surface area (Å²) in [6, 6.07) is 16.7. The SMILES string of the molecule is CCOC(=O)c1cc(-c2cccc(OC)c2)n(-c2ccc(C(=O)NC3CCC(C)CC3)cc2)n1. The highest BCUT2D eigenvalue weighted by atomic mass is 16.5. The number of methoxy groups -OCH3 is 1. The molecule has 178 valence electrons. The van der Waals surface area contributed by atoms with Crippen LogP contribution in [0.3, 0.4) is 0 Å². The molecule has 0 radical (unpaired) electrons. The Morgan fingerprint density at radius 3 is 2.47 bits per heavy atom. The highest BCUT2D eigenvalue weighted by Gasteiger charge is 2.21. The van der Waals surface area contributed by atoms with Crippen LogP contribution in [0.2, 0.25) is 0 Å². The quantitative estimate of drug-likeness (QED) is 0.499. The second kappa shape index (κ2) is 10.5. The molecule has 1 aromatic heterocycles. The van der Waals surface area contributed by atoms with E-state index in [1.807, 2.05) is 36.4 Å². The smallest absolute Gasteiger partial charge is 0.358 e. The van der Waals surface area contributed by atoms with Gasteiger partial charge in [0.1, 0.15) is 5.75 Å². The van der Waals surface area contributed by atoms with Gasteiger partial charge in [0.15, 0.2) is 5.69 Å². The van der Waals surface area contributed by atoms with Crippen LogP contribution in [0, 0.1) is 5.92 Å². The van der Waals surface area contributed by atoms with Crippen LogP contribution in [-0.2, 0) is 4.74 Å². The monoisotopic (exact) mass is 461 g/mol. The van der Waals surface area contributed by atoms with Crippen LogP contribution in [0.4, 0.5) is 0 Å². The van der Waals surface area contributed by atoms with Crippen LogP contribution >= 0.6 is 0 Å². The van der Waals surface area contributed by atoms with E-state index < -0.39 is 5.97 Å². The average molecular weight is 462 g/mol. The Morgan fingerprint density at radius 2 is 1.79 bits per heavy atom. The number of nitrogens with one attached hydrogen (secondary N) is 1. The molecule has 1 aliphatic carbocycles. The van der Waals surface area contributed by atoms with Crippen molar-refractivity contribution in [1.29, 1.82) is 0 Å². The maximum absolute atomic E-state index is 12.8. The molecule has 4 rings (SSSR count). The van der Waals surface area contributed by atoms with Crippen molar-refractivity contribution in [2.75, 3.05) is 13.7 Å². The van der Waals surface area contributed by atoms with Crippen LogP contribution in [0.1, 0.15) is 60.4 Å². The van der Waals surface area contributed by atoms with Crippen molar-refractivity contribution in [2.24, 2.45) is 5.92 Å². The van der Waals surface area contributed by atoms with Gasteiger partial charge in [-0.05, 0) is 81.0 Å². The highest BCUT2D eigenvalue weighted by molar-refractivity contribution is 5.94. The Bertz CT molecular complexity index is 1140. The van der Waals surface area contributed by atoms with Gasteiger partial charge in [-0.3, -0.25) is 4.79 Å². The number of carbonyl (C=O) groups excluding carboxylic acids is 2. The Labute approximate surface area is 200 Å². The Hall–Kier alpha value is -3.61. The van der Waals surface area contributed by atoms with Gasteiger partial charge in [-0.2, -0.15) is 5.10 Å². The molecule has 0 unspecified atom stereocenters. The van der Waals surface area contributed by atoms with Gasteiger partial charge >= 0.3 is 5.97 Å². The molecule has 1 saturated carbocycles. The largest absolute Gasteiger partial charge is 0.497 e. The van der Waals surface area contributed by atoms with E-state index in [1.54, 1.807) is 36.9 Å². The molecule has 7 heteroatoms. The van der Waals surface area contributed by atoms with Crippen molar-refractivity contribution in [1.82, 2.24) is 15.1 Å². The molecule has 1 N–H and O–H groups in total. The van der Waals surface area contributed by atoms with E-state index in [0.717, 1.165) is 48.5 Å². The summed E-state index contributed by atoms with van der Waals surface area (Å²) in [6.07, 6.45) is 4.36. The number of ether oxygens (including phenoxy) is 2. The number of esters is 1. The minimum Gasteiger partial charge on any atom is -0.497 e. The Kier molecular flexibility index (Phi) is 7.30. The molecule has 0 spiro atoms. The molecule has 34 heavy (non-hydrogen) atoms. The molecule has 1 heterocycles. The summed E-state index contributed by atoms with van der Waals surface area (Å²) in [4.78, 5) is 25.1. The average Bonchev–Trinajstić information content (AvgIpc) is 3.31. The summed E-state index contributed by atoms with van der Waals surface area (Å²) in [5, 5.41) is 7.67. The van der Waals surface area contributed by atoms with Gasteiger partial charge in [0.05, 0.1) is 25.1 Å². The number of amides is 1. The van der Waals surface area contributed by atoms with Crippen LogP contribution in [0.25, 0.3) is 16.9 Å². The van der Waals surface area contributed by atoms with Crippen LogP contribution in [0.15, 0.2) is 54.6 Å². The molecule has 0 saturated heterocycles. The number of aromatic nitrogens is 2. The van der Waals surface area contributed by atoms with E-state index in [2.05, 4.69) is 17.3 Å². The fraction of sp³-hybridized carbons (Fsp3) is 0.370. The minimum atomic E-state index is -0.483. The molecule has 0 atom stereocenters. The highest BCUT2D eigenvalue weighted by Crippen LogP contribution is 2.28. The lowest BCUT2D eigenvalue weighted by atomic mass is 9.87. The maximum atomic E-state index is 12.8. The Balaban J connectivity index is 1.61. The number of benzene rings is 2. The van der Waals surface area contributed by atoms with Crippen LogP contribution in [0.5, 0.6) is 5.75 Å². The molecule has 2 aromatic carbocycles. The van der Waals surface area contributed by atoms with Crippen molar-refractivity contribution < 1.29 is 19.1 Å². The predicted octanol–water partition coefficient (Wildman–Crippen LogP) is 5.03. The number of carbonyl (C=O) groups is 2. The topological polar surface area (TPSA) is 82.5 Å². The zero-order valence-corrected chi connectivity index (χ0v) is 19.9. The molecule has 1 fully saturated rings. The van der Waals surface area contributed by atoms with Gasteiger partial charge < -0.3 is 14.8 Å². The molecule has 1 aliphatic rings. The fourth-order valence-electron chi connectivity index (χ4n) is 4.30. The van der Waals surface area contributed by atoms with E-state index in [0.29, 0.717) is 11.3 Å². The van der Waals surface area contributed by atoms with E-state index in [1.165, 1.54) is 0 Å². The molecule has 1 amide bonds. The molecule has 7 nitrogen and oxygen atoms in total. The number of rotatable bonds is 7. The van der Waals surface area contributed by atoms with Gasteiger partial charge in [-0.1, -0.05) is 19.1 Å². The molecule has 0 aliphatic heterocycles. The third-order valence-corrected chi connectivity index (χ3v) is 6.28. The van der Waals surface area contributed by atoms with Crippen LogP contribution < -0.4 is 10.1 Å². The minimum absolute atomic E-state index is 0.0631. The Morgan fingerprint density at radius 1 is 1.06 bits per heavy atom. The van der Waals surface area contributed by atoms with Crippen LogP contribution in [-0.4, -0.2) is 41.4 Å². The predicted molar refractivity (Wildman–Crippen MR) is 130 cm³/mol. The summed E-state index contributed by atoms with van der Waals surface area (Å²) >= 11 is 0. The van der Waals surface area contributed by atoms with Gasteiger partial charge in [0.25, 0.3) is 5.91 Å². The number of hydrogen-bond acceptors (Lipinski definition) is 5. The first-order chi connectivity index (χ1) is 16.5. The summed E-state index contributed by atoms with van der Waals surface area (Å²) in [5.74, 6) is 0.891. The second-order valence-electron chi connectivity index (χ2n) is 8.76. The van der Waals surface area contributed by atoms with E-state index in [9.17, 15) is 9.59 Å². The first kappa shape index (κ1) is 23.5. The van der Waals surface area contributed by atoms with Crippen molar-refractivity contribution in [3.05, 3.63) is 65.9 Å². The van der Waals surface area contributed by atoms with Gasteiger partial charge in [-0.15, -0.1) is 0 Å². The van der Waals surface area contributed by atoms with Gasteiger partial charge in [0, 0.05) is 17.2 Å².